The Morgan fingerprint density at radius 1 is 0.852 bits per heavy atom. The molecular weight excluding hydrogens is 342 g/mol. The smallest absolute Gasteiger partial charge is 0.359 e. The first-order valence-corrected chi connectivity index (χ1v) is 8.46. The van der Waals surface area contributed by atoms with Crippen molar-refractivity contribution in [1.29, 1.82) is 0 Å². The van der Waals surface area contributed by atoms with Crippen LogP contribution in [0.25, 0.3) is 0 Å². The summed E-state index contributed by atoms with van der Waals surface area (Å²) in [6.07, 6.45) is 1.49. The number of nitrogens with zero attached hydrogens (tertiary/aromatic N) is 2. The molecule has 0 saturated carbocycles. The Balaban J connectivity index is 1.68. The third-order valence-electron chi connectivity index (χ3n) is 3.78. The molecule has 136 valence electrons. The van der Waals surface area contributed by atoms with Crippen LogP contribution in [-0.4, -0.2) is 22.1 Å². The number of ether oxygens (including phenoxy) is 1. The molecule has 0 aliphatic rings. The Labute approximate surface area is 157 Å². The first-order chi connectivity index (χ1) is 13.2. The van der Waals surface area contributed by atoms with E-state index in [1.165, 1.54) is 11.1 Å². The second-order valence-corrected chi connectivity index (χ2v) is 5.85. The van der Waals surface area contributed by atoms with Crippen molar-refractivity contribution in [2.45, 2.75) is 13.1 Å². The fourth-order valence-electron chi connectivity index (χ4n) is 2.52. The summed E-state index contributed by atoms with van der Waals surface area (Å²) in [5, 5.41) is 2.48. The van der Waals surface area contributed by atoms with Gasteiger partial charge in [-0.05, 0) is 23.3 Å². The zero-order valence-corrected chi connectivity index (χ0v) is 14.6. The van der Waals surface area contributed by atoms with Gasteiger partial charge in [0, 0.05) is 19.3 Å². The summed E-state index contributed by atoms with van der Waals surface area (Å²) in [5.74, 6) is 0. The molecule has 3 aromatic rings. The number of carbonyl (C=O) groups is 2. The minimum absolute atomic E-state index is 0.328. The van der Waals surface area contributed by atoms with E-state index in [1.807, 2.05) is 60.7 Å². The van der Waals surface area contributed by atoms with Crippen molar-refractivity contribution in [3.63, 3.8) is 0 Å². The predicted molar refractivity (Wildman–Crippen MR) is 102 cm³/mol. The maximum Gasteiger partial charge on any atom is 0.420 e. The van der Waals surface area contributed by atoms with Gasteiger partial charge in [0.25, 0.3) is 0 Å². The number of carbonyl (C=O) groups excluding carboxylic acids is 2. The summed E-state index contributed by atoms with van der Waals surface area (Å²) < 4.78 is 4.97. The number of pyridine rings is 1. The molecule has 6 heteroatoms. The van der Waals surface area contributed by atoms with Gasteiger partial charge in [-0.1, -0.05) is 60.7 Å². The van der Waals surface area contributed by atoms with Gasteiger partial charge < -0.3 is 4.74 Å². The lowest BCUT2D eigenvalue weighted by molar-refractivity contribution is 0.119. The highest BCUT2D eigenvalue weighted by atomic mass is 16.6. The van der Waals surface area contributed by atoms with Crippen LogP contribution in [0.15, 0.2) is 85.2 Å². The minimum Gasteiger partial charge on any atom is -0.359 e. The van der Waals surface area contributed by atoms with E-state index in [1.54, 1.807) is 18.3 Å². The van der Waals surface area contributed by atoms with Crippen LogP contribution in [-0.2, 0) is 17.8 Å². The van der Waals surface area contributed by atoms with Crippen molar-refractivity contribution < 1.29 is 14.3 Å². The van der Waals surface area contributed by atoms with Gasteiger partial charge in [-0.2, -0.15) is 0 Å². The van der Waals surface area contributed by atoms with Crippen molar-refractivity contribution in [2.75, 3.05) is 5.32 Å². The fourth-order valence-corrected chi connectivity index (χ4v) is 2.52. The van der Waals surface area contributed by atoms with E-state index in [4.69, 9.17) is 4.74 Å². The molecule has 3 rings (SSSR count). The van der Waals surface area contributed by atoms with E-state index in [2.05, 4.69) is 10.3 Å². The first kappa shape index (κ1) is 18.1. The van der Waals surface area contributed by atoms with E-state index in [0.29, 0.717) is 18.8 Å². The molecule has 0 radical (unpaired) electrons. The van der Waals surface area contributed by atoms with Crippen molar-refractivity contribution in [1.82, 2.24) is 9.88 Å². The molecule has 2 amide bonds. The monoisotopic (exact) mass is 361 g/mol. The van der Waals surface area contributed by atoms with Crippen molar-refractivity contribution in [3.05, 3.63) is 96.3 Å². The summed E-state index contributed by atoms with van der Waals surface area (Å²) in [6, 6.07) is 22.4. The molecular formula is C21H19N3O3. The van der Waals surface area contributed by atoms with E-state index in [0.717, 1.165) is 11.1 Å². The van der Waals surface area contributed by atoms with Crippen LogP contribution in [0.3, 0.4) is 0 Å². The number of hydrogen-bond acceptors (Lipinski definition) is 4. The Morgan fingerprint density at radius 3 is 1.96 bits per heavy atom. The van der Waals surface area contributed by atoms with Gasteiger partial charge in [-0.3, -0.25) is 15.2 Å². The average molecular weight is 361 g/mol. The SMILES string of the molecule is O=C(Nc1cccnc1)OC(=O)N(Cc1ccccc1)Cc1ccccc1. The van der Waals surface area contributed by atoms with Gasteiger partial charge in [0.2, 0.25) is 0 Å². The number of aromatic nitrogens is 1. The Morgan fingerprint density at radius 2 is 1.44 bits per heavy atom. The van der Waals surface area contributed by atoms with Gasteiger partial charge in [-0.25, -0.2) is 9.59 Å². The summed E-state index contributed by atoms with van der Waals surface area (Å²) in [6.45, 7) is 0.656. The van der Waals surface area contributed by atoms with Crippen molar-refractivity contribution in [3.8, 4) is 0 Å². The number of anilines is 1. The Hall–Kier alpha value is -3.67. The predicted octanol–water partition coefficient (Wildman–Crippen LogP) is 4.45. The van der Waals surface area contributed by atoms with Crippen LogP contribution in [0, 0.1) is 0 Å². The fraction of sp³-hybridized carbons (Fsp3) is 0.0952. The molecule has 0 spiro atoms. The molecule has 27 heavy (non-hydrogen) atoms. The second kappa shape index (κ2) is 9.15. The molecule has 0 bridgehead atoms. The maximum atomic E-state index is 12.6. The lowest BCUT2D eigenvalue weighted by Gasteiger charge is -2.22. The van der Waals surface area contributed by atoms with E-state index < -0.39 is 12.2 Å². The first-order valence-electron chi connectivity index (χ1n) is 8.46. The van der Waals surface area contributed by atoms with Crippen LogP contribution < -0.4 is 5.32 Å². The van der Waals surface area contributed by atoms with Crippen molar-refractivity contribution in [2.24, 2.45) is 0 Å². The van der Waals surface area contributed by atoms with E-state index in [9.17, 15) is 9.59 Å². The maximum absolute atomic E-state index is 12.6. The van der Waals surface area contributed by atoms with Gasteiger partial charge in [0.1, 0.15) is 0 Å². The topological polar surface area (TPSA) is 71.5 Å². The summed E-state index contributed by atoms with van der Waals surface area (Å²) in [7, 11) is 0. The van der Waals surface area contributed by atoms with Crippen LogP contribution >= 0.6 is 0 Å². The Kier molecular flexibility index (Phi) is 6.14. The summed E-state index contributed by atoms with van der Waals surface area (Å²) in [4.78, 5) is 30.0. The highest BCUT2D eigenvalue weighted by molar-refractivity contribution is 5.92. The molecule has 1 heterocycles. The molecule has 0 aliphatic carbocycles. The number of hydrogen-bond donors (Lipinski definition) is 1. The second-order valence-electron chi connectivity index (χ2n) is 5.85. The zero-order chi connectivity index (χ0) is 18.9. The van der Waals surface area contributed by atoms with Crippen LogP contribution in [0.5, 0.6) is 0 Å². The van der Waals surface area contributed by atoms with Gasteiger partial charge in [0.15, 0.2) is 0 Å². The summed E-state index contributed by atoms with van der Waals surface area (Å²) >= 11 is 0. The third-order valence-corrected chi connectivity index (χ3v) is 3.78. The largest absolute Gasteiger partial charge is 0.420 e. The summed E-state index contributed by atoms with van der Waals surface area (Å²) in [5.41, 5.74) is 2.34. The van der Waals surface area contributed by atoms with Gasteiger partial charge in [0.05, 0.1) is 11.9 Å². The molecule has 1 N–H and O–H groups in total. The normalized spacial score (nSPS) is 10.1. The number of amides is 2. The standard InChI is InChI=1S/C21H19N3O3/c25-20(23-19-12-7-13-22-14-19)27-21(26)24(15-17-8-3-1-4-9-17)16-18-10-5-2-6-11-18/h1-14H,15-16H2,(H,23,25). The molecule has 0 saturated heterocycles. The molecule has 1 aromatic heterocycles. The molecule has 2 aromatic carbocycles. The highest BCUT2D eigenvalue weighted by Gasteiger charge is 2.19. The Bertz CT molecular complexity index is 829. The molecule has 0 atom stereocenters. The van der Waals surface area contributed by atoms with Crippen molar-refractivity contribution >= 4 is 17.9 Å². The molecule has 0 unspecified atom stereocenters. The van der Waals surface area contributed by atoms with Crippen LogP contribution in [0.1, 0.15) is 11.1 Å². The van der Waals surface area contributed by atoms with E-state index in [-0.39, 0.29) is 0 Å². The van der Waals surface area contributed by atoms with Gasteiger partial charge >= 0.3 is 12.2 Å². The lowest BCUT2D eigenvalue weighted by atomic mass is 10.2. The quantitative estimate of drug-likeness (QED) is 0.682. The zero-order valence-electron chi connectivity index (χ0n) is 14.6. The molecule has 0 aliphatic heterocycles. The third kappa shape index (κ3) is 5.67. The lowest BCUT2D eigenvalue weighted by Crippen LogP contribution is -2.33. The number of benzene rings is 2. The minimum atomic E-state index is -0.848. The van der Waals surface area contributed by atoms with Crippen LogP contribution in [0.4, 0.5) is 15.3 Å². The molecule has 6 nitrogen and oxygen atoms in total. The van der Waals surface area contributed by atoms with Gasteiger partial charge in [-0.15, -0.1) is 0 Å². The van der Waals surface area contributed by atoms with Crippen LogP contribution in [0.2, 0.25) is 0 Å². The average Bonchev–Trinajstić information content (AvgIpc) is 2.70. The number of rotatable bonds is 5. The van der Waals surface area contributed by atoms with E-state index >= 15 is 0 Å². The number of nitrogens with one attached hydrogen (secondary N) is 1. The molecule has 0 fully saturated rings. The highest BCUT2D eigenvalue weighted by Crippen LogP contribution is 2.12.